The van der Waals surface area contributed by atoms with E-state index in [-0.39, 0.29) is 23.2 Å². The SMILES string of the molecule is CC1(C(=O)Cc2c(F)cccc2F)CC1. The second kappa shape index (κ2) is 3.40. The van der Waals surface area contributed by atoms with Crippen molar-refractivity contribution in [3.05, 3.63) is 35.4 Å². The molecule has 0 aliphatic heterocycles. The quantitative estimate of drug-likeness (QED) is 0.749. The fraction of sp³-hybridized carbons (Fsp3) is 0.417. The number of halogens is 2. The molecule has 1 aromatic rings. The maximum atomic E-state index is 13.2. The predicted molar refractivity (Wildman–Crippen MR) is 52.4 cm³/mol. The largest absolute Gasteiger partial charge is 0.299 e. The van der Waals surface area contributed by atoms with E-state index in [4.69, 9.17) is 0 Å². The van der Waals surface area contributed by atoms with Crippen molar-refractivity contribution in [3.63, 3.8) is 0 Å². The average Bonchev–Trinajstić information content (AvgIpc) is 2.91. The first kappa shape index (κ1) is 10.3. The van der Waals surface area contributed by atoms with Crippen LogP contribution < -0.4 is 0 Å². The first-order chi connectivity index (χ1) is 7.03. The summed E-state index contributed by atoms with van der Waals surface area (Å²) in [6, 6.07) is 3.67. The Bertz CT molecular complexity index is 388. The lowest BCUT2D eigenvalue weighted by molar-refractivity contribution is -0.123. The maximum absolute atomic E-state index is 13.2. The molecular formula is C12H12F2O. The van der Waals surface area contributed by atoms with E-state index in [1.54, 1.807) is 0 Å². The Morgan fingerprint density at radius 3 is 2.33 bits per heavy atom. The monoisotopic (exact) mass is 210 g/mol. The number of ketones is 1. The normalized spacial score (nSPS) is 17.5. The van der Waals surface area contributed by atoms with Gasteiger partial charge in [-0.3, -0.25) is 4.79 Å². The van der Waals surface area contributed by atoms with Crippen molar-refractivity contribution in [1.82, 2.24) is 0 Å². The Balaban J connectivity index is 2.20. The number of Topliss-reactive ketones (excluding diaryl/α,β-unsaturated/α-hetero) is 1. The van der Waals surface area contributed by atoms with Gasteiger partial charge in [-0.2, -0.15) is 0 Å². The third kappa shape index (κ3) is 1.91. The molecule has 0 radical (unpaired) electrons. The summed E-state index contributed by atoms with van der Waals surface area (Å²) in [6.07, 6.45) is 1.54. The minimum Gasteiger partial charge on any atom is -0.299 e. The van der Waals surface area contributed by atoms with Crippen LogP contribution in [0.5, 0.6) is 0 Å². The van der Waals surface area contributed by atoms with E-state index in [0.29, 0.717) is 0 Å². The van der Waals surface area contributed by atoms with E-state index < -0.39 is 11.6 Å². The molecule has 1 aliphatic carbocycles. The summed E-state index contributed by atoms with van der Waals surface area (Å²) >= 11 is 0. The van der Waals surface area contributed by atoms with E-state index in [1.807, 2.05) is 6.92 Å². The van der Waals surface area contributed by atoms with Gasteiger partial charge in [-0.25, -0.2) is 8.78 Å². The predicted octanol–water partition coefficient (Wildman–Crippen LogP) is 2.88. The molecule has 15 heavy (non-hydrogen) atoms. The highest BCUT2D eigenvalue weighted by atomic mass is 19.1. The molecule has 0 bridgehead atoms. The third-order valence-electron chi connectivity index (χ3n) is 3.07. The van der Waals surface area contributed by atoms with Crippen molar-refractivity contribution in [3.8, 4) is 0 Å². The van der Waals surface area contributed by atoms with E-state index in [9.17, 15) is 13.6 Å². The van der Waals surface area contributed by atoms with Crippen molar-refractivity contribution in [1.29, 1.82) is 0 Å². The first-order valence-corrected chi connectivity index (χ1v) is 4.99. The summed E-state index contributed by atoms with van der Waals surface area (Å²) in [5.74, 6) is -1.33. The Hall–Kier alpha value is -1.25. The highest BCUT2D eigenvalue weighted by molar-refractivity contribution is 5.88. The highest BCUT2D eigenvalue weighted by Crippen LogP contribution is 2.46. The van der Waals surface area contributed by atoms with Gasteiger partial charge in [0.2, 0.25) is 0 Å². The number of hydrogen-bond acceptors (Lipinski definition) is 1. The number of carbonyl (C=O) groups is 1. The minimum absolute atomic E-state index is 0.0634. The van der Waals surface area contributed by atoms with E-state index in [0.717, 1.165) is 12.8 Å². The number of carbonyl (C=O) groups excluding carboxylic acids is 1. The van der Waals surface area contributed by atoms with Gasteiger partial charge >= 0.3 is 0 Å². The van der Waals surface area contributed by atoms with Crippen molar-refractivity contribution in [2.75, 3.05) is 0 Å². The Morgan fingerprint density at radius 2 is 1.87 bits per heavy atom. The molecule has 1 aromatic carbocycles. The zero-order valence-electron chi connectivity index (χ0n) is 8.52. The van der Waals surface area contributed by atoms with Crippen molar-refractivity contribution < 1.29 is 13.6 Å². The van der Waals surface area contributed by atoms with Crippen molar-refractivity contribution in [2.45, 2.75) is 26.2 Å². The zero-order valence-corrected chi connectivity index (χ0v) is 8.52. The molecule has 1 fully saturated rings. The minimum atomic E-state index is -0.632. The molecule has 0 saturated heterocycles. The lowest BCUT2D eigenvalue weighted by atomic mass is 9.96. The van der Waals surface area contributed by atoms with Crippen LogP contribution in [0.4, 0.5) is 8.78 Å². The summed E-state index contributed by atoms with van der Waals surface area (Å²) in [5.41, 5.74) is -0.426. The molecule has 0 N–H and O–H groups in total. The van der Waals surface area contributed by atoms with Crippen LogP contribution in [0.3, 0.4) is 0 Å². The zero-order chi connectivity index (χ0) is 11.1. The van der Waals surface area contributed by atoms with Gasteiger partial charge in [0.05, 0.1) is 0 Å². The molecule has 0 atom stereocenters. The van der Waals surface area contributed by atoms with Gasteiger partial charge in [0.1, 0.15) is 17.4 Å². The van der Waals surface area contributed by atoms with Gasteiger partial charge in [0.15, 0.2) is 0 Å². The van der Waals surface area contributed by atoms with Gasteiger partial charge in [-0.15, -0.1) is 0 Å². The molecule has 2 rings (SSSR count). The van der Waals surface area contributed by atoms with Gasteiger partial charge < -0.3 is 0 Å². The standard InChI is InChI=1S/C12H12F2O/c1-12(5-6-12)11(15)7-8-9(13)3-2-4-10(8)14/h2-4H,5-7H2,1H3. The third-order valence-corrected chi connectivity index (χ3v) is 3.07. The van der Waals surface area contributed by atoms with Crippen LogP contribution in [0.15, 0.2) is 18.2 Å². The lowest BCUT2D eigenvalue weighted by Crippen LogP contribution is -2.16. The van der Waals surface area contributed by atoms with Gasteiger partial charge in [0.25, 0.3) is 0 Å². The van der Waals surface area contributed by atoms with E-state index in [2.05, 4.69) is 0 Å². The first-order valence-electron chi connectivity index (χ1n) is 4.99. The molecule has 3 heteroatoms. The Kier molecular flexibility index (Phi) is 2.33. The second-order valence-corrected chi connectivity index (χ2v) is 4.36. The Morgan fingerprint density at radius 1 is 1.33 bits per heavy atom. The summed E-state index contributed by atoms with van der Waals surface area (Å²) in [6.45, 7) is 1.84. The molecule has 1 saturated carbocycles. The van der Waals surface area contributed by atoms with Crippen LogP contribution in [0.2, 0.25) is 0 Å². The molecule has 1 aliphatic rings. The molecule has 0 spiro atoms. The van der Waals surface area contributed by atoms with Crippen LogP contribution in [-0.4, -0.2) is 5.78 Å². The molecule has 0 amide bonds. The molecule has 80 valence electrons. The fourth-order valence-electron chi connectivity index (χ4n) is 1.54. The molecule has 0 heterocycles. The van der Waals surface area contributed by atoms with Crippen LogP contribution >= 0.6 is 0 Å². The van der Waals surface area contributed by atoms with Crippen LogP contribution in [0.25, 0.3) is 0 Å². The van der Waals surface area contributed by atoms with Crippen LogP contribution in [0, 0.1) is 17.0 Å². The molecule has 0 aromatic heterocycles. The molecular weight excluding hydrogens is 198 g/mol. The average molecular weight is 210 g/mol. The van der Waals surface area contributed by atoms with Crippen molar-refractivity contribution >= 4 is 5.78 Å². The molecule has 0 unspecified atom stereocenters. The maximum Gasteiger partial charge on any atom is 0.143 e. The van der Waals surface area contributed by atoms with Gasteiger partial charge in [-0.05, 0) is 25.0 Å². The topological polar surface area (TPSA) is 17.1 Å². The van der Waals surface area contributed by atoms with Gasteiger partial charge in [0, 0.05) is 17.4 Å². The summed E-state index contributed by atoms with van der Waals surface area (Å²) < 4.78 is 26.5. The van der Waals surface area contributed by atoms with Gasteiger partial charge in [-0.1, -0.05) is 13.0 Å². The second-order valence-electron chi connectivity index (χ2n) is 4.36. The van der Waals surface area contributed by atoms with E-state index in [1.165, 1.54) is 18.2 Å². The summed E-state index contributed by atoms with van der Waals surface area (Å²) in [4.78, 5) is 11.7. The summed E-state index contributed by atoms with van der Waals surface area (Å²) in [5, 5.41) is 0. The van der Waals surface area contributed by atoms with Crippen molar-refractivity contribution in [2.24, 2.45) is 5.41 Å². The van der Waals surface area contributed by atoms with Crippen LogP contribution in [0.1, 0.15) is 25.3 Å². The van der Waals surface area contributed by atoms with E-state index >= 15 is 0 Å². The fourth-order valence-corrected chi connectivity index (χ4v) is 1.54. The Labute approximate surface area is 87.1 Å². The number of rotatable bonds is 3. The number of benzene rings is 1. The highest BCUT2D eigenvalue weighted by Gasteiger charge is 2.44. The lowest BCUT2D eigenvalue weighted by Gasteiger charge is -2.08. The smallest absolute Gasteiger partial charge is 0.143 e. The summed E-state index contributed by atoms with van der Waals surface area (Å²) in [7, 11) is 0. The molecule has 1 nitrogen and oxygen atoms in total. The number of hydrogen-bond donors (Lipinski definition) is 0. The van der Waals surface area contributed by atoms with Crippen LogP contribution in [-0.2, 0) is 11.2 Å².